The number of aryl methyl sites for hydroxylation is 1. The van der Waals surface area contributed by atoms with E-state index in [9.17, 15) is 5.11 Å². The molecule has 0 amide bonds. The fourth-order valence-corrected chi connectivity index (χ4v) is 3.55. The van der Waals surface area contributed by atoms with Gasteiger partial charge >= 0.3 is 0 Å². The molecule has 1 aliphatic carbocycles. The molecule has 1 heterocycles. The van der Waals surface area contributed by atoms with Crippen LogP contribution in [0.2, 0.25) is 0 Å². The van der Waals surface area contributed by atoms with Crippen molar-refractivity contribution in [3.63, 3.8) is 0 Å². The first-order chi connectivity index (χ1) is 9.69. The maximum atomic E-state index is 11.1. The Labute approximate surface area is 128 Å². The Balaban J connectivity index is 2.36. The molecule has 4 nitrogen and oxygen atoms in total. The molecule has 1 unspecified atom stereocenters. The second-order valence-corrected chi connectivity index (χ2v) is 8.01. The van der Waals surface area contributed by atoms with E-state index in [2.05, 4.69) is 32.8 Å². The summed E-state index contributed by atoms with van der Waals surface area (Å²) in [6, 6.07) is 0. The van der Waals surface area contributed by atoms with Gasteiger partial charge in [-0.2, -0.15) is 5.10 Å². The van der Waals surface area contributed by atoms with Crippen LogP contribution in [0.3, 0.4) is 0 Å². The highest BCUT2D eigenvalue weighted by Crippen LogP contribution is 2.48. The van der Waals surface area contributed by atoms with Crippen molar-refractivity contribution < 1.29 is 5.11 Å². The molecule has 3 N–H and O–H groups in total. The Morgan fingerprint density at radius 3 is 2.48 bits per heavy atom. The van der Waals surface area contributed by atoms with E-state index < -0.39 is 6.10 Å². The van der Waals surface area contributed by atoms with Crippen molar-refractivity contribution in [3.05, 3.63) is 17.5 Å². The van der Waals surface area contributed by atoms with Crippen molar-refractivity contribution in [1.82, 2.24) is 9.78 Å². The van der Waals surface area contributed by atoms with Crippen molar-refractivity contribution in [1.29, 1.82) is 0 Å². The van der Waals surface area contributed by atoms with E-state index in [0.29, 0.717) is 6.54 Å². The molecule has 1 aromatic rings. The summed E-state index contributed by atoms with van der Waals surface area (Å²) in [7, 11) is 1.92. The number of hydrogen-bond donors (Lipinski definition) is 2. The lowest BCUT2D eigenvalue weighted by atomic mass is 9.65. The summed E-state index contributed by atoms with van der Waals surface area (Å²) < 4.78 is 1.81. The first kappa shape index (κ1) is 16.5. The molecule has 1 aromatic heterocycles. The first-order valence-electron chi connectivity index (χ1n) is 8.12. The van der Waals surface area contributed by atoms with Gasteiger partial charge in [-0.1, -0.05) is 40.5 Å². The van der Waals surface area contributed by atoms with Crippen LogP contribution in [-0.2, 0) is 12.5 Å². The van der Waals surface area contributed by atoms with E-state index in [0.717, 1.165) is 42.9 Å². The molecular formula is C17H31N3O. The van der Waals surface area contributed by atoms with Crippen molar-refractivity contribution >= 4 is 0 Å². The smallest absolute Gasteiger partial charge is 0.0891 e. The molecule has 0 aliphatic heterocycles. The maximum absolute atomic E-state index is 11.1. The third-order valence-corrected chi connectivity index (χ3v) is 5.12. The van der Waals surface area contributed by atoms with Crippen LogP contribution in [0.5, 0.6) is 0 Å². The number of aliphatic hydroxyl groups is 1. The van der Waals surface area contributed by atoms with E-state index in [1.807, 2.05) is 17.9 Å². The minimum absolute atomic E-state index is 0.0741. The quantitative estimate of drug-likeness (QED) is 0.900. The van der Waals surface area contributed by atoms with Gasteiger partial charge in [-0.15, -0.1) is 0 Å². The van der Waals surface area contributed by atoms with Gasteiger partial charge in [-0.25, -0.2) is 0 Å². The van der Waals surface area contributed by atoms with Crippen LogP contribution in [0.25, 0.3) is 0 Å². The third kappa shape index (κ3) is 3.16. The van der Waals surface area contributed by atoms with E-state index in [4.69, 9.17) is 5.73 Å². The van der Waals surface area contributed by atoms with Crippen LogP contribution in [0.15, 0.2) is 6.20 Å². The van der Waals surface area contributed by atoms with Gasteiger partial charge in [0.05, 0.1) is 11.8 Å². The Morgan fingerprint density at radius 1 is 1.43 bits per heavy atom. The second-order valence-electron chi connectivity index (χ2n) is 8.01. The molecule has 21 heavy (non-hydrogen) atoms. The minimum atomic E-state index is -0.516. The zero-order valence-corrected chi connectivity index (χ0v) is 14.2. The molecule has 120 valence electrons. The lowest BCUT2D eigenvalue weighted by molar-refractivity contribution is -0.00918. The van der Waals surface area contributed by atoms with E-state index >= 15 is 0 Å². The lowest BCUT2D eigenvalue weighted by Crippen LogP contribution is -2.40. The van der Waals surface area contributed by atoms with Crippen LogP contribution in [0.4, 0.5) is 0 Å². The van der Waals surface area contributed by atoms with E-state index in [-0.39, 0.29) is 10.8 Å². The van der Waals surface area contributed by atoms with Crippen LogP contribution >= 0.6 is 0 Å². The molecule has 1 atom stereocenters. The molecular weight excluding hydrogens is 262 g/mol. The van der Waals surface area contributed by atoms with Crippen LogP contribution in [0, 0.1) is 11.3 Å². The molecule has 2 rings (SSSR count). The lowest BCUT2D eigenvalue weighted by Gasteiger charge is -2.42. The zero-order valence-electron chi connectivity index (χ0n) is 14.2. The highest BCUT2D eigenvalue weighted by atomic mass is 16.3. The normalized spacial score (nSPS) is 28.6. The Bertz CT molecular complexity index is 479. The number of aliphatic hydroxyl groups excluding tert-OH is 1. The Kier molecular flexibility index (Phi) is 4.50. The van der Waals surface area contributed by atoms with Gasteiger partial charge in [-0.3, -0.25) is 4.68 Å². The maximum Gasteiger partial charge on any atom is 0.0891 e. The van der Waals surface area contributed by atoms with Gasteiger partial charge in [0.2, 0.25) is 0 Å². The van der Waals surface area contributed by atoms with Crippen molar-refractivity contribution in [2.45, 2.75) is 64.9 Å². The van der Waals surface area contributed by atoms with Crippen molar-refractivity contribution in [3.8, 4) is 0 Å². The van der Waals surface area contributed by atoms with Crippen LogP contribution in [0.1, 0.15) is 70.7 Å². The number of aromatic nitrogens is 2. The third-order valence-electron chi connectivity index (χ3n) is 5.12. The minimum Gasteiger partial charge on any atom is -0.388 e. The molecule has 0 saturated heterocycles. The fraction of sp³-hybridized carbons (Fsp3) is 0.824. The monoisotopic (exact) mass is 293 g/mol. The fourth-order valence-electron chi connectivity index (χ4n) is 3.55. The number of rotatable bonds is 3. The largest absolute Gasteiger partial charge is 0.388 e. The topological polar surface area (TPSA) is 64.1 Å². The molecule has 0 aromatic carbocycles. The highest BCUT2D eigenvalue weighted by Gasteiger charge is 2.42. The average molecular weight is 293 g/mol. The molecule has 0 spiro atoms. The van der Waals surface area contributed by atoms with Gasteiger partial charge in [-0.05, 0) is 18.8 Å². The van der Waals surface area contributed by atoms with E-state index in [1.165, 1.54) is 0 Å². The second kappa shape index (κ2) is 5.73. The van der Waals surface area contributed by atoms with Gasteiger partial charge in [0, 0.05) is 36.2 Å². The summed E-state index contributed by atoms with van der Waals surface area (Å²) in [5.74, 6) is 0.743. The summed E-state index contributed by atoms with van der Waals surface area (Å²) in [5.41, 5.74) is 7.79. The first-order valence-corrected chi connectivity index (χ1v) is 8.12. The summed E-state index contributed by atoms with van der Waals surface area (Å²) in [4.78, 5) is 0. The standard InChI is InChI=1S/C17H31N3O/c1-12-6-8-17(11-18,9-7-12)15(21)13-10-20(5)19-14(13)16(2,3)4/h10,12,15,21H,6-9,11,18H2,1-5H3. The number of nitrogens with zero attached hydrogens (tertiary/aromatic N) is 2. The predicted molar refractivity (Wildman–Crippen MR) is 86.0 cm³/mol. The van der Waals surface area contributed by atoms with Gasteiger partial charge < -0.3 is 10.8 Å². The predicted octanol–water partition coefficient (Wildman–Crippen LogP) is 2.91. The average Bonchev–Trinajstić information content (AvgIpc) is 2.81. The molecule has 0 radical (unpaired) electrons. The molecule has 1 saturated carbocycles. The van der Waals surface area contributed by atoms with Crippen molar-refractivity contribution in [2.75, 3.05) is 6.54 Å². The zero-order chi connectivity index (χ0) is 15.8. The van der Waals surface area contributed by atoms with Crippen molar-refractivity contribution in [2.24, 2.45) is 24.1 Å². The summed E-state index contributed by atoms with van der Waals surface area (Å²) in [6.07, 6.45) is 5.77. The summed E-state index contributed by atoms with van der Waals surface area (Å²) >= 11 is 0. The molecule has 1 aliphatic rings. The molecule has 4 heteroatoms. The van der Waals surface area contributed by atoms with Crippen LogP contribution in [-0.4, -0.2) is 21.4 Å². The van der Waals surface area contributed by atoms with Gasteiger partial charge in [0.25, 0.3) is 0 Å². The SMILES string of the molecule is CC1CCC(CN)(C(O)c2cn(C)nc2C(C)(C)C)CC1. The Hall–Kier alpha value is -0.870. The molecule has 0 bridgehead atoms. The van der Waals surface area contributed by atoms with Crippen LogP contribution < -0.4 is 5.73 Å². The highest BCUT2D eigenvalue weighted by molar-refractivity contribution is 5.28. The van der Waals surface area contributed by atoms with Gasteiger partial charge in [0.1, 0.15) is 0 Å². The number of hydrogen-bond acceptors (Lipinski definition) is 3. The van der Waals surface area contributed by atoms with Gasteiger partial charge in [0.15, 0.2) is 0 Å². The summed E-state index contributed by atoms with van der Waals surface area (Å²) in [6.45, 7) is 9.26. The van der Waals surface area contributed by atoms with E-state index in [1.54, 1.807) is 0 Å². The molecule has 1 fully saturated rings. The summed E-state index contributed by atoms with van der Waals surface area (Å²) in [5, 5.41) is 15.7. The number of nitrogens with two attached hydrogens (primary N) is 1. The Morgan fingerprint density at radius 2 is 2.00 bits per heavy atom.